The second-order valence-corrected chi connectivity index (χ2v) is 6.91. The van der Waals surface area contributed by atoms with Crippen LogP contribution in [0.4, 0.5) is 13.8 Å². The smallest absolute Gasteiger partial charge is 0.341 e. The van der Waals surface area contributed by atoms with E-state index in [2.05, 4.69) is 5.32 Å². The average molecular weight is 333 g/mol. The standard InChI is InChI=1S/C14H17F2NO4S/c1-14(2,3)21-13(19)9-7-4-5-20-6-8(7)22-12(9)17-11(18)10(15)16/h10H,4-6H2,1-3H3,(H,17,18). The van der Waals surface area contributed by atoms with E-state index in [9.17, 15) is 18.4 Å². The first-order chi connectivity index (χ1) is 10.2. The highest BCUT2D eigenvalue weighted by molar-refractivity contribution is 7.17. The fourth-order valence-electron chi connectivity index (χ4n) is 2.03. The third-order valence-electron chi connectivity index (χ3n) is 2.86. The topological polar surface area (TPSA) is 64.6 Å². The van der Waals surface area contributed by atoms with Crippen molar-refractivity contribution in [3.8, 4) is 0 Å². The lowest BCUT2D eigenvalue weighted by molar-refractivity contribution is -0.126. The molecule has 1 aliphatic heterocycles. The predicted molar refractivity (Wildman–Crippen MR) is 77.5 cm³/mol. The van der Waals surface area contributed by atoms with Crippen LogP contribution in [0.15, 0.2) is 0 Å². The maximum absolute atomic E-state index is 12.5. The zero-order valence-electron chi connectivity index (χ0n) is 12.5. The molecule has 1 amide bonds. The number of carbonyl (C=O) groups is 2. The van der Waals surface area contributed by atoms with E-state index in [-0.39, 0.29) is 10.6 Å². The number of hydrogen-bond donors (Lipinski definition) is 1. The van der Waals surface area contributed by atoms with E-state index in [1.54, 1.807) is 20.8 Å². The Bertz CT molecular complexity index is 592. The van der Waals surface area contributed by atoms with Gasteiger partial charge >= 0.3 is 12.4 Å². The van der Waals surface area contributed by atoms with E-state index >= 15 is 0 Å². The summed E-state index contributed by atoms with van der Waals surface area (Å²) >= 11 is 1.07. The molecular weight excluding hydrogens is 316 g/mol. The number of hydrogen-bond acceptors (Lipinski definition) is 5. The first-order valence-electron chi connectivity index (χ1n) is 6.73. The number of ether oxygens (including phenoxy) is 2. The van der Waals surface area contributed by atoms with E-state index in [0.717, 1.165) is 16.2 Å². The first kappa shape index (κ1) is 16.8. The average Bonchev–Trinajstić information content (AvgIpc) is 2.74. The molecule has 1 N–H and O–H groups in total. The summed E-state index contributed by atoms with van der Waals surface area (Å²) in [4.78, 5) is 24.4. The lowest BCUT2D eigenvalue weighted by Gasteiger charge is -2.21. The van der Waals surface area contributed by atoms with Crippen molar-refractivity contribution >= 4 is 28.2 Å². The van der Waals surface area contributed by atoms with Crippen LogP contribution >= 0.6 is 11.3 Å². The molecule has 0 fully saturated rings. The van der Waals surface area contributed by atoms with E-state index in [0.29, 0.717) is 25.2 Å². The number of esters is 1. The Hall–Kier alpha value is -1.54. The van der Waals surface area contributed by atoms with Crippen molar-refractivity contribution in [2.45, 2.75) is 45.8 Å². The van der Waals surface area contributed by atoms with Crippen LogP contribution in [0.3, 0.4) is 0 Å². The maximum Gasteiger partial charge on any atom is 0.341 e. The Labute approximate surface area is 130 Å². The number of halogens is 2. The third-order valence-corrected chi connectivity index (χ3v) is 3.98. The van der Waals surface area contributed by atoms with Gasteiger partial charge in [0.15, 0.2) is 0 Å². The number of amides is 1. The SMILES string of the molecule is CC(C)(C)OC(=O)c1c(NC(=O)C(F)F)sc2c1CCOC2. The van der Waals surface area contributed by atoms with Crippen LogP contribution < -0.4 is 5.32 Å². The molecule has 0 saturated carbocycles. The zero-order chi connectivity index (χ0) is 16.5. The van der Waals surface area contributed by atoms with Gasteiger partial charge in [-0.2, -0.15) is 8.78 Å². The molecule has 2 rings (SSSR count). The molecule has 0 radical (unpaired) electrons. The molecular formula is C14H17F2NO4S. The fraction of sp³-hybridized carbons (Fsp3) is 0.571. The summed E-state index contributed by atoms with van der Waals surface area (Å²) in [5.74, 6) is -2.07. The zero-order valence-corrected chi connectivity index (χ0v) is 13.3. The molecule has 1 aromatic heterocycles. The molecule has 0 bridgehead atoms. The summed E-state index contributed by atoms with van der Waals surface area (Å²) in [5.41, 5.74) is 0.142. The van der Waals surface area contributed by atoms with E-state index in [1.807, 2.05) is 0 Å². The van der Waals surface area contributed by atoms with Crippen LogP contribution in [0.25, 0.3) is 0 Å². The van der Waals surface area contributed by atoms with Gasteiger partial charge in [0.1, 0.15) is 10.6 Å². The van der Waals surface area contributed by atoms with Crippen LogP contribution in [-0.2, 0) is 27.3 Å². The lowest BCUT2D eigenvalue weighted by atomic mass is 10.1. The van der Waals surface area contributed by atoms with Crippen LogP contribution in [0.1, 0.15) is 41.6 Å². The quantitative estimate of drug-likeness (QED) is 0.864. The van der Waals surface area contributed by atoms with E-state index in [1.165, 1.54) is 0 Å². The Balaban J connectivity index is 2.38. The van der Waals surface area contributed by atoms with Gasteiger partial charge in [0.25, 0.3) is 5.91 Å². The van der Waals surface area contributed by atoms with Gasteiger partial charge in [-0.3, -0.25) is 4.79 Å². The fourth-order valence-corrected chi connectivity index (χ4v) is 3.21. The summed E-state index contributed by atoms with van der Waals surface area (Å²) in [7, 11) is 0. The summed E-state index contributed by atoms with van der Waals surface area (Å²) in [5, 5.41) is 2.20. The molecule has 1 aliphatic rings. The maximum atomic E-state index is 12.5. The van der Waals surface area contributed by atoms with Gasteiger partial charge < -0.3 is 14.8 Å². The number of thiophene rings is 1. The molecule has 1 aromatic rings. The Kier molecular flexibility index (Phi) is 4.81. The minimum Gasteiger partial charge on any atom is -0.456 e. The predicted octanol–water partition coefficient (Wildman–Crippen LogP) is 2.98. The summed E-state index contributed by atoms with van der Waals surface area (Å²) in [6.45, 7) is 5.86. The molecule has 0 aromatic carbocycles. The van der Waals surface area contributed by atoms with Gasteiger partial charge in [0, 0.05) is 4.88 Å². The molecule has 0 spiro atoms. The van der Waals surface area contributed by atoms with Gasteiger partial charge in [0.05, 0.1) is 18.8 Å². The van der Waals surface area contributed by atoms with Crippen LogP contribution in [-0.4, -0.2) is 30.5 Å². The Morgan fingerprint density at radius 1 is 1.36 bits per heavy atom. The minimum atomic E-state index is -3.15. The second-order valence-electron chi connectivity index (χ2n) is 5.80. The highest BCUT2D eigenvalue weighted by atomic mass is 32.1. The number of anilines is 1. The lowest BCUT2D eigenvalue weighted by Crippen LogP contribution is -2.26. The van der Waals surface area contributed by atoms with Crippen molar-refractivity contribution in [2.75, 3.05) is 11.9 Å². The molecule has 0 aliphatic carbocycles. The van der Waals surface area contributed by atoms with Gasteiger partial charge in [-0.1, -0.05) is 0 Å². The monoisotopic (exact) mass is 333 g/mol. The van der Waals surface area contributed by atoms with Crippen LogP contribution in [0.5, 0.6) is 0 Å². The van der Waals surface area contributed by atoms with Crippen molar-refractivity contribution in [1.29, 1.82) is 0 Å². The van der Waals surface area contributed by atoms with Crippen molar-refractivity contribution in [3.05, 3.63) is 16.0 Å². The molecule has 8 heteroatoms. The number of alkyl halides is 2. The van der Waals surface area contributed by atoms with Gasteiger partial charge in [-0.15, -0.1) is 11.3 Å². The Morgan fingerprint density at radius 3 is 2.64 bits per heavy atom. The molecule has 2 heterocycles. The number of nitrogens with one attached hydrogen (secondary N) is 1. The first-order valence-corrected chi connectivity index (χ1v) is 7.55. The van der Waals surface area contributed by atoms with E-state index < -0.39 is 23.9 Å². The highest BCUT2D eigenvalue weighted by Gasteiger charge is 2.31. The number of rotatable bonds is 3. The number of carbonyl (C=O) groups excluding carboxylic acids is 2. The van der Waals surface area contributed by atoms with Crippen molar-refractivity contribution in [1.82, 2.24) is 0 Å². The molecule has 122 valence electrons. The van der Waals surface area contributed by atoms with Crippen molar-refractivity contribution in [3.63, 3.8) is 0 Å². The minimum absolute atomic E-state index is 0.0926. The van der Waals surface area contributed by atoms with Gasteiger partial charge in [-0.25, -0.2) is 4.79 Å². The highest BCUT2D eigenvalue weighted by Crippen LogP contribution is 2.37. The number of fused-ring (bicyclic) bond motifs is 1. The normalized spacial score (nSPS) is 14.6. The van der Waals surface area contributed by atoms with Crippen molar-refractivity contribution in [2.24, 2.45) is 0 Å². The molecule has 0 atom stereocenters. The molecule has 0 unspecified atom stereocenters. The molecule has 0 saturated heterocycles. The van der Waals surface area contributed by atoms with Gasteiger partial charge in [0.2, 0.25) is 0 Å². The summed E-state index contributed by atoms with van der Waals surface area (Å²) < 4.78 is 35.5. The largest absolute Gasteiger partial charge is 0.456 e. The third kappa shape index (κ3) is 3.80. The molecule has 5 nitrogen and oxygen atoms in total. The second kappa shape index (κ2) is 6.29. The Morgan fingerprint density at radius 2 is 2.05 bits per heavy atom. The van der Waals surface area contributed by atoms with E-state index in [4.69, 9.17) is 9.47 Å². The molecule has 22 heavy (non-hydrogen) atoms. The van der Waals surface area contributed by atoms with Crippen LogP contribution in [0, 0.1) is 0 Å². The summed E-state index contributed by atoms with van der Waals surface area (Å²) in [6.07, 6.45) is -2.67. The summed E-state index contributed by atoms with van der Waals surface area (Å²) in [6, 6.07) is 0. The van der Waals surface area contributed by atoms with Crippen molar-refractivity contribution < 1.29 is 27.8 Å². The van der Waals surface area contributed by atoms with Crippen LogP contribution in [0.2, 0.25) is 0 Å². The van der Waals surface area contributed by atoms with Gasteiger partial charge in [-0.05, 0) is 32.8 Å².